The molecule has 0 aliphatic rings. The van der Waals surface area contributed by atoms with Crippen LogP contribution >= 0.6 is 0 Å². The fourth-order valence-corrected chi connectivity index (χ4v) is 1.41. The van der Waals surface area contributed by atoms with E-state index in [0.29, 0.717) is 32.8 Å². The summed E-state index contributed by atoms with van der Waals surface area (Å²) in [5, 5.41) is 12.2. The van der Waals surface area contributed by atoms with Crippen LogP contribution in [0.4, 0.5) is 0 Å². The van der Waals surface area contributed by atoms with Gasteiger partial charge in [0.1, 0.15) is 5.54 Å². The topological polar surface area (TPSA) is 67.8 Å². The summed E-state index contributed by atoms with van der Waals surface area (Å²) in [5.41, 5.74) is -0.902. The Balaban J connectivity index is 3.73. The number of ether oxygens (including phenoxy) is 2. The highest BCUT2D eigenvalue weighted by molar-refractivity contribution is 5.78. The Morgan fingerprint density at radius 2 is 1.72 bits per heavy atom. The molecule has 0 aliphatic heterocycles. The number of rotatable bonds is 12. The first kappa shape index (κ1) is 17.4. The number of hydrogen-bond acceptors (Lipinski definition) is 4. The maximum absolute atomic E-state index is 11.2. The van der Waals surface area contributed by atoms with Crippen LogP contribution in [-0.4, -0.2) is 49.6 Å². The molecule has 1 atom stereocenters. The van der Waals surface area contributed by atoms with Crippen molar-refractivity contribution in [2.45, 2.75) is 45.6 Å². The van der Waals surface area contributed by atoms with Gasteiger partial charge in [0.05, 0.1) is 13.2 Å². The van der Waals surface area contributed by atoms with E-state index in [1.165, 1.54) is 0 Å². The molecule has 0 fully saturated rings. The SMILES string of the molecule is CCCNC(C)(CCOCCOCCC)C(=O)O. The normalized spacial score (nSPS) is 14.4. The maximum Gasteiger partial charge on any atom is 0.323 e. The van der Waals surface area contributed by atoms with Crippen LogP contribution in [0, 0.1) is 0 Å². The Morgan fingerprint density at radius 3 is 2.22 bits per heavy atom. The van der Waals surface area contributed by atoms with Crippen molar-refractivity contribution in [1.29, 1.82) is 0 Å². The van der Waals surface area contributed by atoms with Gasteiger partial charge in [0.2, 0.25) is 0 Å². The second kappa shape index (κ2) is 10.3. The summed E-state index contributed by atoms with van der Waals surface area (Å²) < 4.78 is 10.6. The quantitative estimate of drug-likeness (QED) is 0.523. The first-order valence-corrected chi connectivity index (χ1v) is 6.70. The zero-order valence-corrected chi connectivity index (χ0v) is 11.8. The van der Waals surface area contributed by atoms with E-state index in [0.717, 1.165) is 19.4 Å². The lowest BCUT2D eigenvalue weighted by Crippen LogP contribution is -2.50. The number of carbonyl (C=O) groups is 1. The molecule has 2 N–H and O–H groups in total. The van der Waals surface area contributed by atoms with Crippen molar-refractivity contribution >= 4 is 5.97 Å². The highest BCUT2D eigenvalue weighted by Gasteiger charge is 2.31. The lowest BCUT2D eigenvalue weighted by Gasteiger charge is -2.26. The van der Waals surface area contributed by atoms with Gasteiger partial charge in [0.15, 0.2) is 0 Å². The van der Waals surface area contributed by atoms with Gasteiger partial charge in [0.25, 0.3) is 0 Å². The number of nitrogens with one attached hydrogen (secondary N) is 1. The average Bonchev–Trinajstić information content (AvgIpc) is 2.35. The zero-order chi connectivity index (χ0) is 13.9. The van der Waals surface area contributed by atoms with Crippen LogP contribution < -0.4 is 5.32 Å². The molecular weight excluding hydrogens is 234 g/mol. The van der Waals surface area contributed by atoms with Gasteiger partial charge in [-0.1, -0.05) is 13.8 Å². The summed E-state index contributed by atoms with van der Waals surface area (Å²) in [5.74, 6) is -0.832. The predicted octanol–water partition coefficient (Wildman–Crippen LogP) is 1.66. The summed E-state index contributed by atoms with van der Waals surface area (Å²) in [7, 11) is 0. The largest absolute Gasteiger partial charge is 0.480 e. The van der Waals surface area contributed by atoms with Crippen LogP contribution in [0.15, 0.2) is 0 Å². The molecular formula is C13H27NO4. The number of carboxylic acid groups (broad SMARTS) is 1. The van der Waals surface area contributed by atoms with Crippen molar-refractivity contribution in [3.05, 3.63) is 0 Å². The van der Waals surface area contributed by atoms with E-state index in [4.69, 9.17) is 9.47 Å². The van der Waals surface area contributed by atoms with E-state index in [1.54, 1.807) is 6.92 Å². The van der Waals surface area contributed by atoms with Crippen molar-refractivity contribution in [3.8, 4) is 0 Å². The molecule has 108 valence electrons. The Morgan fingerprint density at radius 1 is 1.11 bits per heavy atom. The predicted molar refractivity (Wildman–Crippen MR) is 70.9 cm³/mol. The van der Waals surface area contributed by atoms with E-state index < -0.39 is 11.5 Å². The number of hydrogen-bond donors (Lipinski definition) is 2. The Kier molecular flexibility index (Phi) is 9.92. The minimum absolute atomic E-state index is 0.426. The summed E-state index contributed by atoms with van der Waals surface area (Å²) in [6, 6.07) is 0. The van der Waals surface area contributed by atoms with Crippen LogP contribution in [0.5, 0.6) is 0 Å². The van der Waals surface area contributed by atoms with E-state index in [1.807, 2.05) is 6.92 Å². The maximum atomic E-state index is 11.2. The highest BCUT2D eigenvalue weighted by Crippen LogP contribution is 2.10. The lowest BCUT2D eigenvalue weighted by molar-refractivity contribution is -0.145. The molecule has 5 nitrogen and oxygen atoms in total. The molecule has 0 aromatic heterocycles. The number of aliphatic carboxylic acids is 1. The van der Waals surface area contributed by atoms with Crippen molar-refractivity contribution < 1.29 is 19.4 Å². The molecule has 1 unspecified atom stereocenters. The molecule has 0 aliphatic carbocycles. The van der Waals surface area contributed by atoms with Crippen molar-refractivity contribution in [3.63, 3.8) is 0 Å². The molecule has 0 heterocycles. The van der Waals surface area contributed by atoms with Gasteiger partial charge in [0, 0.05) is 13.2 Å². The molecule has 0 aromatic carbocycles. The van der Waals surface area contributed by atoms with E-state index in [-0.39, 0.29) is 0 Å². The van der Waals surface area contributed by atoms with Gasteiger partial charge in [-0.15, -0.1) is 0 Å². The molecule has 0 spiro atoms. The molecule has 0 bridgehead atoms. The molecule has 0 amide bonds. The zero-order valence-electron chi connectivity index (χ0n) is 11.8. The van der Waals surface area contributed by atoms with Gasteiger partial charge in [-0.3, -0.25) is 4.79 Å². The average molecular weight is 261 g/mol. The summed E-state index contributed by atoms with van der Waals surface area (Å²) in [6.07, 6.45) is 2.36. The number of carboxylic acids is 1. The highest BCUT2D eigenvalue weighted by atomic mass is 16.5. The fraction of sp³-hybridized carbons (Fsp3) is 0.923. The molecule has 18 heavy (non-hydrogen) atoms. The second-order valence-corrected chi connectivity index (χ2v) is 4.54. The van der Waals surface area contributed by atoms with Crippen molar-refractivity contribution in [2.75, 3.05) is 33.0 Å². The van der Waals surface area contributed by atoms with Gasteiger partial charge < -0.3 is 19.9 Å². The summed E-state index contributed by atoms with van der Waals surface area (Å²) in [6.45, 7) is 8.71. The summed E-state index contributed by atoms with van der Waals surface area (Å²) in [4.78, 5) is 11.2. The Hall–Kier alpha value is -0.650. The third-order valence-electron chi connectivity index (χ3n) is 2.70. The van der Waals surface area contributed by atoms with Crippen molar-refractivity contribution in [1.82, 2.24) is 5.32 Å². The third kappa shape index (κ3) is 7.63. The molecule has 0 aromatic rings. The van der Waals surface area contributed by atoms with Crippen LogP contribution in [-0.2, 0) is 14.3 Å². The smallest absolute Gasteiger partial charge is 0.323 e. The minimum atomic E-state index is -0.902. The van der Waals surface area contributed by atoms with Gasteiger partial charge in [-0.25, -0.2) is 0 Å². The van der Waals surface area contributed by atoms with E-state index in [2.05, 4.69) is 12.2 Å². The van der Waals surface area contributed by atoms with Gasteiger partial charge in [-0.05, 0) is 32.7 Å². The van der Waals surface area contributed by atoms with Crippen LogP contribution in [0.25, 0.3) is 0 Å². The van der Waals surface area contributed by atoms with Gasteiger partial charge in [-0.2, -0.15) is 0 Å². The van der Waals surface area contributed by atoms with Crippen LogP contribution in [0.3, 0.4) is 0 Å². The Bertz CT molecular complexity index is 223. The molecule has 0 saturated carbocycles. The van der Waals surface area contributed by atoms with Crippen molar-refractivity contribution in [2.24, 2.45) is 0 Å². The molecule has 5 heteroatoms. The minimum Gasteiger partial charge on any atom is -0.480 e. The lowest BCUT2D eigenvalue weighted by atomic mass is 9.98. The second-order valence-electron chi connectivity index (χ2n) is 4.54. The van der Waals surface area contributed by atoms with Gasteiger partial charge >= 0.3 is 5.97 Å². The molecule has 0 saturated heterocycles. The van der Waals surface area contributed by atoms with Crippen LogP contribution in [0.1, 0.15) is 40.0 Å². The first-order valence-electron chi connectivity index (χ1n) is 6.70. The van der Waals surface area contributed by atoms with Crippen LogP contribution in [0.2, 0.25) is 0 Å². The van der Waals surface area contributed by atoms with E-state index >= 15 is 0 Å². The Labute approximate surface area is 110 Å². The first-order chi connectivity index (χ1) is 8.56. The molecule has 0 rings (SSSR count). The molecule has 0 radical (unpaired) electrons. The summed E-state index contributed by atoms with van der Waals surface area (Å²) >= 11 is 0. The van der Waals surface area contributed by atoms with E-state index in [9.17, 15) is 9.90 Å². The fourth-order valence-electron chi connectivity index (χ4n) is 1.41. The third-order valence-corrected chi connectivity index (χ3v) is 2.70. The standard InChI is InChI=1S/C13H27NO4/c1-4-7-14-13(3,12(15)16)6-9-18-11-10-17-8-5-2/h14H,4-11H2,1-3H3,(H,15,16). The monoisotopic (exact) mass is 261 g/mol.